The van der Waals surface area contributed by atoms with Gasteiger partial charge < -0.3 is 14.4 Å². The zero-order valence-electron chi connectivity index (χ0n) is 32.7. The Labute approximate surface area is 312 Å². The van der Waals surface area contributed by atoms with Crippen LogP contribution >= 0.6 is 7.82 Å². The Morgan fingerprint density at radius 2 is 0.961 bits per heavy atom. The molecule has 0 fully saturated rings. The standard InChI is InChI=1S/C42H75O8P/c1-4-6-8-10-12-14-16-18-20-21-22-23-25-27-29-31-33-35-37-42(44)50-40(39-49-51(45,46)47-3)38-48-41(43)36-34-32-30-28-26-24-19-17-15-13-11-9-7-5-2/h11,13-14,16-17,19-21,40H,4-10,12,15,18,22-39H2,1-3H3,(H,45,46)/b13-11-,16-14-,19-17-,21-20-. The molecule has 0 spiro atoms. The van der Waals surface area contributed by atoms with Gasteiger partial charge in [-0.25, -0.2) is 4.57 Å². The molecule has 51 heavy (non-hydrogen) atoms. The minimum absolute atomic E-state index is 0.232. The zero-order chi connectivity index (χ0) is 37.5. The highest BCUT2D eigenvalue weighted by Crippen LogP contribution is 2.42. The molecule has 2 unspecified atom stereocenters. The molecule has 0 heterocycles. The summed E-state index contributed by atoms with van der Waals surface area (Å²) in [4.78, 5) is 34.4. The lowest BCUT2D eigenvalue weighted by atomic mass is 10.1. The molecule has 0 aromatic carbocycles. The maximum Gasteiger partial charge on any atom is 0.472 e. The molecule has 0 aromatic rings. The van der Waals surface area contributed by atoms with Crippen LogP contribution in [0.2, 0.25) is 0 Å². The van der Waals surface area contributed by atoms with E-state index < -0.39 is 26.5 Å². The fourth-order valence-corrected chi connectivity index (χ4v) is 5.81. The third kappa shape index (κ3) is 37.6. The first-order chi connectivity index (χ1) is 24.8. The monoisotopic (exact) mass is 739 g/mol. The SMILES string of the molecule is CCCC/C=C\C/C=C\CCCCCCCC(=O)OCC(COP(=O)(O)OC)OC(=O)CCCCCCCCC/C=C\C/C=C\CCCCCC. The van der Waals surface area contributed by atoms with Crippen molar-refractivity contribution >= 4 is 19.8 Å². The van der Waals surface area contributed by atoms with Crippen LogP contribution in [-0.4, -0.2) is 43.3 Å². The maximum absolute atomic E-state index is 12.5. The number of unbranched alkanes of at least 4 members (excludes halogenated alkanes) is 18. The number of allylic oxidation sites excluding steroid dienone is 8. The van der Waals surface area contributed by atoms with Crippen molar-refractivity contribution in [3.8, 4) is 0 Å². The fourth-order valence-electron chi connectivity index (χ4n) is 5.35. The van der Waals surface area contributed by atoms with E-state index in [1.54, 1.807) is 0 Å². The molecule has 1 N–H and O–H groups in total. The molecule has 0 amide bonds. The lowest BCUT2D eigenvalue weighted by Crippen LogP contribution is -2.29. The summed E-state index contributed by atoms with van der Waals surface area (Å²) in [6, 6.07) is 0. The smallest absolute Gasteiger partial charge is 0.462 e. The van der Waals surface area contributed by atoms with Gasteiger partial charge in [0.05, 0.1) is 6.61 Å². The second-order valence-electron chi connectivity index (χ2n) is 13.4. The summed E-state index contributed by atoms with van der Waals surface area (Å²) >= 11 is 0. The van der Waals surface area contributed by atoms with Crippen molar-refractivity contribution < 1.29 is 37.6 Å². The third-order valence-electron chi connectivity index (χ3n) is 8.55. The van der Waals surface area contributed by atoms with Crippen LogP contribution in [0, 0.1) is 0 Å². The highest BCUT2D eigenvalue weighted by Gasteiger charge is 2.24. The maximum atomic E-state index is 12.5. The van der Waals surface area contributed by atoms with E-state index in [4.69, 9.17) is 14.0 Å². The van der Waals surface area contributed by atoms with Gasteiger partial charge in [-0.05, 0) is 70.6 Å². The molecule has 2 atom stereocenters. The number of hydrogen-bond acceptors (Lipinski definition) is 7. The lowest BCUT2D eigenvalue weighted by molar-refractivity contribution is -0.161. The number of carbonyl (C=O) groups excluding carboxylic acids is 2. The summed E-state index contributed by atoms with van der Waals surface area (Å²) in [7, 11) is -3.21. The normalized spacial score (nSPS) is 13.9. The predicted molar refractivity (Wildman–Crippen MR) is 212 cm³/mol. The van der Waals surface area contributed by atoms with E-state index in [9.17, 15) is 19.0 Å². The van der Waals surface area contributed by atoms with Crippen molar-refractivity contribution in [1.82, 2.24) is 0 Å². The predicted octanol–water partition coefficient (Wildman–Crippen LogP) is 12.6. The summed E-state index contributed by atoms with van der Waals surface area (Å²) in [6.45, 7) is 3.81. The van der Waals surface area contributed by atoms with Gasteiger partial charge in [0, 0.05) is 20.0 Å². The van der Waals surface area contributed by atoms with E-state index in [1.807, 2.05) is 0 Å². The van der Waals surface area contributed by atoms with E-state index in [2.05, 4.69) is 67.0 Å². The molecule has 0 bridgehead atoms. The first-order valence-electron chi connectivity index (χ1n) is 20.3. The summed E-state index contributed by atoms with van der Waals surface area (Å²) in [5.41, 5.74) is 0. The quantitative estimate of drug-likeness (QED) is 0.0290. The molecule has 0 aliphatic heterocycles. The Morgan fingerprint density at radius 3 is 1.43 bits per heavy atom. The molecule has 296 valence electrons. The highest BCUT2D eigenvalue weighted by atomic mass is 31.2. The summed E-state index contributed by atoms with van der Waals surface area (Å²) in [5.74, 6) is -0.831. The van der Waals surface area contributed by atoms with Gasteiger partial charge in [-0.2, -0.15) is 0 Å². The topological polar surface area (TPSA) is 108 Å². The van der Waals surface area contributed by atoms with Crippen molar-refractivity contribution in [3.05, 3.63) is 48.6 Å². The Balaban J connectivity index is 4.06. The van der Waals surface area contributed by atoms with Gasteiger partial charge in [0.25, 0.3) is 0 Å². The van der Waals surface area contributed by atoms with Gasteiger partial charge in [-0.15, -0.1) is 0 Å². The second-order valence-corrected chi connectivity index (χ2v) is 15.0. The van der Waals surface area contributed by atoms with Crippen molar-refractivity contribution in [2.75, 3.05) is 20.3 Å². The molecule has 0 aliphatic rings. The molecule has 0 aromatic heterocycles. The van der Waals surface area contributed by atoms with Crippen LogP contribution in [0.25, 0.3) is 0 Å². The summed E-state index contributed by atoms with van der Waals surface area (Å²) in [5, 5.41) is 0. The number of carbonyl (C=O) groups is 2. The van der Waals surface area contributed by atoms with Crippen molar-refractivity contribution in [2.45, 2.75) is 187 Å². The number of phosphoric ester groups is 1. The van der Waals surface area contributed by atoms with E-state index in [-0.39, 0.29) is 25.4 Å². The van der Waals surface area contributed by atoms with Crippen LogP contribution in [0.3, 0.4) is 0 Å². The molecule has 0 saturated heterocycles. The van der Waals surface area contributed by atoms with Gasteiger partial charge in [0.2, 0.25) is 0 Å². The molecule has 9 heteroatoms. The average molecular weight is 739 g/mol. The van der Waals surface area contributed by atoms with Gasteiger partial charge in [0.15, 0.2) is 6.10 Å². The van der Waals surface area contributed by atoms with Crippen LogP contribution in [0.4, 0.5) is 0 Å². The first-order valence-corrected chi connectivity index (χ1v) is 21.8. The number of esters is 2. The number of ether oxygens (including phenoxy) is 2. The average Bonchev–Trinajstić information content (AvgIpc) is 3.12. The molecular weight excluding hydrogens is 663 g/mol. The van der Waals surface area contributed by atoms with Crippen LogP contribution in [0.15, 0.2) is 48.6 Å². The Bertz CT molecular complexity index is 974. The van der Waals surface area contributed by atoms with Gasteiger partial charge in [0.1, 0.15) is 6.61 Å². The Kier molecular flexibility index (Phi) is 36.3. The van der Waals surface area contributed by atoms with Crippen LogP contribution in [-0.2, 0) is 32.7 Å². The van der Waals surface area contributed by atoms with E-state index in [0.717, 1.165) is 84.2 Å². The molecule has 0 aliphatic carbocycles. The molecule has 0 saturated carbocycles. The Morgan fingerprint density at radius 1 is 0.549 bits per heavy atom. The summed E-state index contributed by atoms with van der Waals surface area (Å²) < 4.78 is 31.9. The fraction of sp³-hybridized carbons (Fsp3) is 0.762. The summed E-state index contributed by atoms with van der Waals surface area (Å²) in [6.07, 6.45) is 44.4. The van der Waals surface area contributed by atoms with Gasteiger partial charge in [-0.3, -0.25) is 18.6 Å². The van der Waals surface area contributed by atoms with Gasteiger partial charge >= 0.3 is 19.8 Å². The van der Waals surface area contributed by atoms with Crippen molar-refractivity contribution in [3.63, 3.8) is 0 Å². The minimum atomic E-state index is -4.27. The van der Waals surface area contributed by atoms with Crippen molar-refractivity contribution in [1.29, 1.82) is 0 Å². The van der Waals surface area contributed by atoms with Crippen LogP contribution in [0.5, 0.6) is 0 Å². The largest absolute Gasteiger partial charge is 0.472 e. The minimum Gasteiger partial charge on any atom is -0.462 e. The van der Waals surface area contributed by atoms with Crippen molar-refractivity contribution in [2.24, 2.45) is 0 Å². The molecular formula is C42H75O8P. The lowest BCUT2D eigenvalue weighted by Gasteiger charge is -2.19. The van der Waals surface area contributed by atoms with Crippen LogP contribution < -0.4 is 0 Å². The van der Waals surface area contributed by atoms with Gasteiger partial charge in [-0.1, -0.05) is 146 Å². The first kappa shape index (κ1) is 49.0. The number of phosphoric acid groups is 1. The molecule has 8 nitrogen and oxygen atoms in total. The van der Waals surface area contributed by atoms with E-state index in [1.165, 1.54) is 70.6 Å². The van der Waals surface area contributed by atoms with E-state index in [0.29, 0.717) is 6.42 Å². The second kappa shape index (κ2) is 37.8. The van der Waals surface area contributed by atoms with E-state index >= 15 is 0 Å². The zero-order valence-corrected chi connectivity index (χ0v) is 33.6. The Hall–Kier alpha value is -1.99. The molecule has 0 rings (SSSR count). The number of rotatable bonds is 37. The van der Waals surface area contributed by atoms with Crippen LogP contribution in [0.1, 0.15) is 181 Å². The highest BCUT2D eigenvalue weighted by molar-refractivity contribution is 7.47. The molecule has 0 radical (unpaired) electrons. The third-order valence-corrected chi connectivity index (χ3v) is 9.48. The number of hydrogen-bond donors (Lipinski definition) is 1.